The van der Waals surface area contributed by atoms with Gasteiger partial charge in [0.1, 0.15) is 5.65 Å². The van der Waals surface area contributed by atoms with Gasteiger partial charge in [-0.05, 0) is 43.2 Å². The van der Waals surface area contributed by atoms with Crippen molar-refractivity contribution < 1.29 is 9.21 Å². The molecule has 1 aliphatic carbocycles. The summed E-state index contributed by atoms with van der Waals surface area (Å²) in [7, 11) is 0. The monoisotopic (exact) mass is 549 g/mol. The van der Waals surface area contributed by atoms with Gasteiger partial charge in [-0.2, -0.15) is 4.98 Å². The second-order valence-corrected chi connectivity index (χ2v) is 10.8. The Morgan fingerprint density at radius 3 is 2.56 bits per heavy atom. The molecule has 41 heavy (non-hydrogen) atoms. The van der Waals surface area contributed by atoms with Gasteiger partial charge in [0.25, 0.3) is 0 Å². The highest BCUT2D eigenvalue weighted by molar-refractivity contribution is 5.98. The van der Waals surface area contributed by atoms with Crippen molar-refractivity contribution in [3.8, 4) is 11.3 Å². The molecule has 0 bridgehead atoms. The highest BCUT2D eigenvalue weighted by atomic mass is 16.4. The Kier molecular flexibility index (Phi) is 6.47. The minimum atomic E-state index is -0.0927. The highest BCUT2D eigenvalue weighted by Crippen LogP contribution is 2.35. The van der Waals surface area contributed by atoms with E-state index in [0.29, 0.717) is 40.4 Å². The topological polar surface area (TPSA) is 118 Å². The fourth-order valence-electron chi connectivity index (χ4n) is 5.95. The van der Waals surface area contributed by atoms with Crippen LogP contribution >= 0.6 is 0 Å². The average molecular weight is 550 g/mol. The first kappa shape index (κ1) is 25.4. The lowest BCUT2D eigenvalue weighted by atomic mass is 10.1. The molecule has 10 heteroatoms. The van der Waals surface area contributed by atoms with Gasteiger partial charge >= 0.3 is 0 Å². The number of anilines is 3. The first-order valence-corrected chi connectivity index (χ1v) is 14.2. The van der Waals surface area contributed by atoms with E-state index in [2.05, 4.69) is 30.1 Å². The summed E-state index contributed by atoms with van der Waals surface area (Å²) in [6, 6.07) is 15.2. The van der Waals surface area contributed by atoms with E-state index in [-0.39, 0.29) is 11.2 Å². The number of nitrogens with one attached hydrogen (secondary N) is 2. The molecule has 2 aliphatic rings. The van der Waals surface area contributed by atoms with Gasteiger partial charge < -0.3 is 24.5 Å². The molecule has 0 spiro atoms. The van der Waals surface area contributed by atoms with Crippen molar-refractivity contribution in [2.24, 2.45) is 0 Å². The Morgan fingerprint density at radius 1 is 1.02 bits per heavy atom. The van der Waals surface area contributed by atoms with Crippen LogP contribution in [0.15, 0.2) is 63.9 Å². The van der Waals surface area contributed by atoms with Crippen LogP contribution in [0.1, 0.15) is 49.1 Å². The van der Waals surface area contributed by atoms with E-state index in [4.69, 9.17) is 9.40 Å². The first-order chi connectivity index (χ1) is 20.0. The molecule has 1 aliphatic heterocycles. The summed E-state index contributed by atoms with van der Waals surface area (Å²) in [5.41, 5.74) is 4.16. The minimum Gasteiger partial charge on any atom is -0.422 e. The van der Waals surface area contributed by atoms with Crippen molar-refractivity contribution >= 4 is 45.4 Å². The molecule has 10 nitrogen and oxygen atoms in total. The predicted molar refractivity (Wildman–Crippen MR) is 159 cm³/mol. The summed E-state index contributed by atoms with van der Waals surface area (Å²) in [6.07, 6.45) is 6.22. The van der Waals surface area contributed by atoms with Gasteiger partial charge in [-0.25, -0.2) is 9.97 Å². The van der Waals surface area contributed by atoms with E-state index >= 15 is 0 Å². The van der Waals surface area contributed by atoms with Crippen molar-refractivity contribution in [2.45, 2.75) is 38.6 Å². The van der Waals surface area contributed by atoms with Crippen LogP contribution in [0.4, 0.5) is 17.5 Å². The molecule has 4 aromatic heterocycles. The lowest BCUT2D eigenvalue weighted by Crippen LogP contribution is -2.43. The molecule has 0 amide bonds. The molecule has 0 unspecified atom stereocenters. The summed E-state index contributed by atoms with van der Waals surface area (Å²) in [5, 5.41) is 7.95. The summed E-state index contributed by atoms with van der Waals surface area (Å²) >= 11 is 0. The normalized spacial score (nSPS) is 16.1. The van der Waals surface area contributed by atoms with Crippen LogP contribution < -0.4 is 21.0 Å². The third kappa shape index (κ3) is 4.84. The molecule has 2 fully saturated rings. The lowest BCUT2D eigenvalue weighted by molar-refractivity contribution is 0.100. The van der Waals surface area contributed by atoms with Gasteiger partial charge in [-0.3, -0.25) is 9.59 Å². The molecule has 5 heterocycles. The Labute approximate surface area is 236 Å². The number of piperazine rings is 1. The Bertz CT molecular complexity index is 1810. The summed E-state index contributed by atoms with van der Waals surface area (Å²) < 4.78 is 8.19. The molecule has 1 saturated heterocycles. The lowest BCUT2D eigenvalue weighted by Gasteiger charge is -2.27. The Morgan fingerprint density at radius 2 is 1.80 bits per heavy atom. The number of benzene rings is 1. The van der Waals surface area contributed by atoms with E-state index in [1.807, 2.05) is 36.4 Å². The van der Waals surface area contributed by atoms with Gasteiger partial charge in [-0.1, -0.05) is 25.0 Å². The van der Waals surface area contributed by atoms with Crippen molar-refractivity contribution in [1.29, 1.82) is 0 Å². The molecule has 7 rings (SSSR count). The third-order valence-electron chi connectivity index (χ3n) is 8.07. The van der Waals surface area contributed by atoms with Gasteiger partial charge in [0.05, 0.1) is 16.8 Å². The molecule has 0 radical (unpaired) electrons. The number of carbonyl (C=O) groups is 1. The Balaban J connectivity index is 1.15. The van der Waals surface area contributed by atoms with E-state index < -0.39 is 0 Å². The number of Topliss-reactive ketones (excluding diaryl/α,β-unsaturated/α-hetero) is 1. The van der Waals surface area contributed by atoms with Gasteiger partial charge in [0, 0.05) is 68.0 Å². The number of pyridine rings is 1. The summed E-state index contributed by atoms with van der Waals surface area (Å²) in [4.78, 5) is 41.2. The van der Waals surface area contributed by atoms with E-state index in [1.54, 1.807) is 25.3 Å². The van der Waals surface area contributed by atoms with Crippen LogP contribution in [0, 0.1) is 0 Å². The van der Waals surface area contributed by atoms with Crippen LogP contribution in [0.3, 0.4) is 0 Å². The number of fused-ring (bicyclic) bond motifs is 2. The number of hydrogen-bond donors (Lipinski definition) is 2. The number of aromatic nitrogens is 4. The van der Waals surface area contributed by atoms with E-state index in [1.165, 1.54) is 12.8 Å². The zero-order chi connectivity index (χ0) is 27.9. The standard InChI is InChI=1S/C31H31N7O3/c1-19(39)26-16-21-18-33-31(36-29(21)38(26)23-4-2-3-5-23)34-22-8-6-20(7-9-22)25-11-10-24-27(40)17-28(41-30(24)35-25)37-14-12-32-13-15-37/h6-11,16-18,23,32H,2-5,12-15H2,1H3,(H,33,34,36). The largest absolute Gasteiger partial charge is 0.422 e. The average Bonchev–Trinajstić information content (AvgIpc) is 3.66. The first-order valence-electron chi connectivity index (χ1n) is 14.2. The minimum absolute atomic E-state index is 0.0431. The molecular formula is C31H31N7O3. The van der Waals surface area contributed by atoms with Gasteiger partial charge in [-0.15, -0.1) is 0 Å². The molecular weight excluding hydrogens is 518 g/mol. The second kappa shape index (κ2) is 10.4. The quantitative estimate of drug-likeness (QED) is 0.280. The zero-order valence-corrected chi connectivity index (χ0v) is 22.9. The molecule has 1 aromatic carbocycles. The van der Waals surface area contributed by atoms with Crippen molar-refractivity contribution in [3.63, 3.8) is 0 Å². The number of hydrogen-bond acceptors (Lipinski definition) is 9. The van der Waals surface area contributed by atoms with Crippen LogP contribution in [-0.4, -0.2) is 51.5 Å². The van der Waals surface area contributed by atoms with Crippen LogP contribution in [-0.2, 0) is 0 Å². The number of rotatable bonds is 6. The maximum absolute atomic E-state index is 12.7. The molecule has 208 valence electrons. The summed E-state index contributed by atoms with van der Waals surface area (Å²) in [5.74, 6) is 1.07. The SMILES string of the molecule is CC(=O)c1cc2cnc(Nc3ccc(-c4ccc5c(=O)cc(N6CCNCC6)oc5n4)cc3)nc2n1C1CCCC1. The van der Waals surface area contributed by atoms with Crippen molar-refractivity contribution in [2.75, 3.05) is 36.4 Å². The zero-order valence-electron chi connectivity index (χ0n) is 22.9. The predicted octanol–water partition coefficient (Wildman–Crippen LogP) is 5.07. The molecule has 0 atom stereocenters. The van der Waals surface area contributed by atoms with E-state index in [0.717, 1.165) is 61.3 Å². The molecule has 1 saturated carbocycles. The third-order valence-corrected chi connectivity index (χ3v) is 8.07. The number of ketones is 1. The second-order valence-electron chi connectivity index (χ2n) is 10.8. The highest BCUT2D eigenvalue weighted by Gasteiger charge is 2.24. The van der Waals surface area contributed by atoms with Gasteiger partial charge in [0.15, 0.2) is 11.2 Å². The number of carbonyl (C=O) groups excluding carboxylic acids is 1. The molecule has 5 aromatic rings. The van der Waals surface area contributed by atoms with Gasteiger partial charge in [0.2, 0.25) is 17.5 Å². The summed E-state index contributed by atoms with van der Waals surface area (Å²) in [6.45, 7) is 4.87. The smallest absolute Gasteiger partial charge is 0.233 e. The van der Waals surface area contributed by atoms with Crippen LogP contribution in [0.2, 0.25) is 0 Å². The fraction of sp³-hybridized carbons (Fsp3) is 0.323. The van der Waals surface area contributed by atoms with Crippen LogP contribution in [0.25, 0.3) is 33.4 Å². The van der Waals surface area contributed by atoms with E-state index in [9.17, 15) is 9.59 Å². The maximum Gasteiger partial charge on any atom is 0.233 e. The maximum atomic E-state index is 12.7. The Hall–Kier alpha value is -4.57. The van der Waals surface area contributed by atoms with Crippen molar-refractivity contribution in [3.05, 3.63) is 70.6 Å². The molecule has 2 N–H and O–H groups in total. The fourth-order valence-corrected chi connectivity index (χ4v) is 5.95. The number of nitrogens with zero attached hydrogens (tertiary/aromatic N) is 5. The van der Waals surface area contributed by atoms with Crippen LogP contribution in [0.5, 0.6) is 0 Å². The van der Waals surface area contributed by atoms with Crippen molar-refractivity contribution in [1.82, 2.24) is 24.8 Å².